The normalized spacial score (nSPS) is 19.3. The fourth-order valence-electron chi connectivity index (χ4n) is 2.22. The molecule has 1 aliphatic rings. The molecule has 5 heteroatoms. The smallest absolute Gasteiger partial charge is 0.231 e. The van der Waals surface area contributed by atoms with Gasteiger partial charge in [0.05, 0.1) is 5.92 Å². The number of piperidine rings is 1. The van der Waals surface area contributed by atoms with Crippen molar-refractivity contribution in [2.24, 2.45) is 0 Å². The number of aromatic nitrogens is 2. The first-order valence-corrected chi connectivity index (χ1v) is 6.63. The van der Waals surface area contributed by atoms with Crippen LogP contribution in [0.5, 0.6) is 5.75 Å². The summed E-state index contributed by atoms with van der Waals surface area (Å²) in [6.07, 6.45) is 2.26. The van der Waals surface area contributed by atoms with E-state index in [2.05, 4.69) is 15.5 Å². The minimum atomic E-state index is 0.340. The average Bonchev–Trinajstić information content (AvgIpc) is 2.96. The van der Waals surface area contributed by atoms with Crippen LogP contribution in [0.1, 0.15) is 30.5 Å². The molecular weight excluding hydrogens is 242 g/mol. The van der Waals surface area contributed by atoms with Gasteiger partial charge in [0.1, 0.15) is 5.75 Å². The zero-order valence-corrected chi connectivity index (χ0v) is 10.7. The zero-order valence-electron chi connectivity index (χ0n) is 10.7. The van der Waals surface area contributed by atoms with E-state index in [1.54, 1.807) is 0 Å². The van der Waals surface area contributed by atoms with E-state index in [0.717, 1.165) is 37.6 Å². The minimum Gasteiger partial charge on any atom is -0.485 e. The van der Waals surface area contributed by atoms with Crippen molar-refractivity contribution in [1.82, 2.24) is 15.5 Å². The third kappa shape index (κ3) is 3.12. The summed E-state index contributed by atoms with van der Waals surface area (Å²) in [5, 5.41) is 7.31. The van der Waals surface area contributed by atoms with E-state index in [4.69, 9.17) is 9.26 Å². The van der Waals surface area contributed by atoms with E-state index in [0.29, 0.717) is 18.3 Å². The van der Waals surface area contributed by atoms with Gasteiger partial charge in [-0.2, -0.15) is 4.98 Å². The van der Waals surface area contributed by atoms with Gasteiger partial charge in [0, 0.05) is 6.54 Å². The Balaban J connectivity index is 1.58. The highest BCUT2D eigenvalue weighted by Crippen LogP contribution is 2.21. The predicted molar refractivity (Wildman–Crippen MR) is 69.9 cm³/mol. The highest BCUT2D eigenvalue weighted by atomic mass is 16.5. The number of hydrogen-bond donors (Lipinski definition) is 1. The van der Waals surface area contributed by atoms with Gasteiger partial charge in [-0.3, -0.25) is 0 Å². The van der Waals surface area contributed by atoms with Gasteiger partial charge in [0.2, 0.25) is 11.7 Å². The summed E-state index contributed by atoms with van der Waals surface area (Å²) < 4.78 is 10.9. The van der Waals surface area contributed by atoms with Crippen LogP contribution in [0.4, 0.5) is 0 Å². The number of benzene rings is 1. The maximum atomic E-state index is 5.59. The quantitative estimate of drug-likeness (QED) is 0.911. The highest BCUT2D eigenvalue weighted by Gasteiger charge is 2.21. The maximum Gasteiger partial charge on any atom is 0.231 e. The third-order valence-electron chi connectivity index (χ3n) is 3.24. The number of rotatable bonds is 4. The van der Waals surface area contributed by atoms with Gasteiger partial charge in [-0.15, -0.1) is 0 Å². The van der Waals surface area contributed by atoms with Gasteiger partial charge in [-0.05, 0) is 31.5 Å². The van der Waals surface area contributed by atoms with Crippen molar-refractivity contribution in [2.45, 2.75) is 25.4 Å². The second-order valence-corrected chi connectivity index (χ2v) is 4.69. The fraction of sp³-hybridized carbons (Fsp3) is 0.429. The molecule has 1 aromatic heterocycles. The Kier molecular flexibility index (Phi) is 3.74. The Morgan fingerprint density at radius 3 is 3.00 bits per heavy atom. The van der Waals surface area contributed by atoms with E-state index in [1.165, 1.54) is 0 Å². The summed E-state index contributed by atoms with van der Waals surface area (Å²) in [6.45, 7) is 2.34. The molecule has 0 saturated carbocycles. The predicted octanol–water partition coefficient (Wildman–Crippen LogP) is 2.12. The number of nitrogens with zero attached hydrogens (tertiary/aromatic N) is 2. The molecule has 1 saturated heterocycles. The first-order chi connectivity index (χ1) is 9.42. The molecule has 19 heavy (non-hydrogen) atoms. The Morgan fingerprint density at radius 1 is 1.32 bits per heavy atom. The molecular formula is C14H17N3O2. The van der Waals surface area contributed by atoms with Crippen LogP contribution in [0.15, 0.2) is 34.9 Å². The molecule has 0 radical (unpaired) electrons. The van der Waals surface area contributed by atoms with Gasteiger partial charge in [-0.25, -0.2) is 0 Å². The van der Waals surface area contributed by atoms with E-state index in [1.807, 2.05) is 30.3 Å². The lowest BCUT2D eigenvalue weighted by Crippen LogP contribution is -2.28. The Hall–Kier alpha value is -1.88. The summed E-state index contributed by atoms with van der Waals surface area (Å²) in [4.78, 5) is 4.41. The third-order valence-corrected chi connectivity index (χ3v) is 3.24. The van der Waals surface area contributed by atoms with Crippen molar-refractivity contribution in [3.05, 3.63) is 42.0 Å². The summed E-state index contributed by atoms with van der Waals surface area (Å²) in [7, 11) is 0. The van der Waals surface area contributed by atoms with Crippen LogP contribution in [0.3, 0.4) is 0 Å². The van der Waals surface area contributed by atoms with Crippen LogP contribution in [0.25, 0.3) is 0 Å². The zero-order chi connectivity index (χ0) is 12.9. The molecule has 1 aliphatic heterocycles. The van der Waals surface area contributed by atoms with E-state index in [9.17, 15) is 0 Å². The van der Waals surface area contributed by atoms with Gasteiger partial charge >= 0.3 is 0 Å². The second-order valence-electron chi connectivity index (χ2n) is 4.69. The van der Waals surface area contributed by atoms with Crippen LogP contribution in [0, 0.1) is 0 Å². The van der Waals surface area contributed by atoms with Crippen LogP contribution in [0.2, 0.25) is 0 Å². The van der Waals surface area contributed by atoms with Crippen molar-refractivity contribution >= 4 is 0 Å². The minimum absolute atomic E-state index is 0.340. The SMILES string of the molecule is c1ccc(OCc2noc([C@H]3CCCNC3)n2)cc1. The molecule has 0 amide bonds. The molecule has 1 atom stereocenters. The van der Waals surface area contributed by atoms with Crippen molar-refractivity contribution in [3.8, 4) is 5.75 Å². The molecule has 2 aromatic rings. The van der Waals surface area contributed by atoms with Gasteiger partial charge in [0.25, 0.3) is 0 Å². The van der Waals surface area contributed by atoms with Crippen LogP contribution in [-0.4, -0.2) is 23.2 Å². The molecule has 1 N–H and O–H groups in total. The Morgan fingerprint density at radius 2 is 2.21 bits per heavy atom. The molecule has 3 rings (SSSR count). The van der Waals surface area contributed by atoms with Crippen molar-refractivity contribution in [1.29, 1.82) is 0 Å². The van der Waals surface area contributed by atoms with E-state index < -0.39 is 0 Å². The second kappa shape index (κ2) is 5.84. The first-order valence-electron chi connectivity index (χ1n) is 6.63. The molecule has 0 aliphatic carbocycles. The maximum absolute atomic E-state index is 5.59. The van der Waals surface area contributed by atoms with Crippen molar-refractivity contribution < 1.29 is 9.26 Å². The van der Waals surface area contributed by atoms with Gasteiger partial charge in [0.15, 0.2) is 6.61 Å². The molecule has 0 bridgehead atoms. The lowest BCUT2D eigenvalue weighted by atomic mass is 10.00. The number of ether oxygens (including phenoxy) is 1. The highest BCUT2D eigenvalue weighted by molar-refractivity contribution is 5.20. The molecule has 1 fully saturated rings. The summed E-state index contributed by atoms with van der Waals surface area (Å²) in [5.74, 6) is 2.48. The fourth-order valence-corrected chi connectivity index (χ4v) is 2.22. The topological polar surface area (TPSA) is 60.2 Å². The largest absolute Gasteiger partial charge is 0.485 e. The number of para-hydroxylation sites is 1. The standard InChI is InChI=1S/C14H17N3O2/c1-2-6-12(7-3-1)18-10-13-16-14(19-17-13)11-5-4-8-15-9-11/h1-3,6-7,11,15H,4-5,8-10H2/t11-/m0/s1. The van der Waals surface area contributed by atoms with E-state index >= 15 is 0 Å². The average molecular weight is 259 g/mol. The number of nitrogens with one attached hydrogen (secondary N) is 1. The lowest BCUT2D eigenvalue weighted by molar-refractivity contribution is 0.281. The summed E-state index contributed by atoms with van der Waals surface area (Å²) in [6, 6.07) is 9.64. The molecule has 0 spiro atoms. The Labute approximate surface area is 112 Å². The molecule has 0 unspecified atom stereocenters. The monoisotopic (exact) mass is 259 g/mol. The summed E-state index contributed by atoms with van der Waals surface area (Å²) in [5.41, 5.74) is 0. The van der Waals surface area contributed by atoms with Crippen LogP contribution >= 0.6 is 0 Å². The first kappa shape index (κ1) is 12.2. The molecule has 1 aromatic carbocycles. The molecule has 100 valence electrons. The molecule has 5 nitrogen and oxygen atoms in total. The molecule has 2 heterocycles. The van der Waals surface area contributed by atoms with Gasteiger partial charge in [-0.1, -0.05) is 23.4 Å². The lowest BCUT2D eigenvalue weighted by Gasteiger charge is -2.18. The number of hydrogen-bond acceptors (Lipinski definition) is 5. The van der Waals surface area contributed by atoms with Crippen LogP contribution < -0.4 is 10.1 Å². The van der Waals surface area contributed by atoms with Crippen LogP contribution in [-0.2, 0) is 6.61 Å². The van der Waals surface area contributed by atoms with Crippen molar-refractivity contribution in [3.63, 3.8) is 0 Å². The summed E-state index contributed by atoms with van der Waals surface area (Å²) >= 11 is 0. The van der Waals surface area contributed by atoms with Gasteiger partial charge < -0.3 is 14.6 Å². The Bertz CT molecular complexity index is 506. The van der Waals surface area contributed by atoms with E-state index in [-0.39, 0.29) is 0 Å². The van der Waals surface area contributed by atoms with Crippen molar-refractivity contribution in [2.75, 3.05) is 13.1 Å².